The third-order valence-electron chi connectivity index (χ3n) is 2.96. The van der Waals surface area contributed by atoms with Crippen molar-refractivity contribution in [3.05, 3.63) is 41.2 Å². The summed E-state index contributed by atoms with van der Waals surface area (Å²) in [6.45, 7) is 10.1. The lowest BCUT2D eigenvalue weighted by molar-refractivity contribution is 0.684. The standard InChI is InChI=1S/C14H19N5S/c1-9(2)15-11(4)19-8-12(7-6-10(19)3)13-16-17-14(20)18(13)5/h6-9H,3H2,1-2,4-5H3,(H,17,20). The van der Waals surface area contributed by atoms with Crippen molar-refractivity contribution in [1.82, 2.24) is 19.7 Å². The highest BCUT2D eigenvalue weighted by Crippen LogP contribution is 2.22. The summed E-state index contributed by atoms with van der Waals surface area (Å²) in [7, 11) is 1.89. The maximum Gasteiger partial charge on any atom is 0.195 e. The number of hydrogen-bond donors (Lipinski definition) is 1. The molecule has 0 saturated carbocycles. The first-order valence-electron chi connectivity index (χ1n) is 6.44. The molecule has 2 rings (SSSR count). The van der Waals surface area contributed by atoms with Gasteiger partial charge in [0.1, 0.15) is 5.84 Å². The smallest absolute Gasteiger partial charge is 0.195 e. The molecule has 1 aliphatic rings. The van der Waals surface area contributed by atoms with Gasteiger partial charge in [0, 0.05) is 30.6 Å². The van der Waals surface area contributed by atoms with E-state index in [-0.39, 0.29) is 6.04 Å². The highest BCUT2D eigenvalue weighted by molar-refractivity contribution is 7.71. The molecule has 2 heterocycles. The largest absolute Gasteiger partial charge is 0.306 e. The van der Waals surface area contributed by atoms with Crippen LogP contribution in [-0.2, 0) is 7.05 Å². The van der Waals surface area contributed by atoms with E-state index in [4.69, 9.17) is 12.2 Å². The highest BCUT2D eigenvalue weighted by atomic mass is 32.1. The lowest BCUT2D eigenvalue weighted by Crippen LogP contribution is -2.24. The van der Waals surface area contributed by atoms with Crippen LogP contribution in [0.2, 0.25) is 0 Å². The van der Waals surface area contributed by atoms with Gasteiger partial charge in [0.15, 0.2) is 10.6 Å². The molecule has 0 aliphatic carbocycles. The van der Waals surface area contributed by atoms with Gasteiger partial charge in [-0.05, 0) is 45.1 Å². The van der Waals surface area contributed by atoms with Crippen LogP contribution in [0, 0.1) is 4.77 Å². The Labute approximate surface area is 124 Å². The summed E-state index contributed by atoms with van der Waals surface area (Å²) in [6, 6.07) is 0.242. The Morgan fingerprint density at radius 3 is 2.70 bits per heavy atom. The molecule has 0 radical (unpaired) electrons. The Morgan fingerprint density at radius 2 is 2.15 bits per heavy atom. The topological polar surface area (TPSA) is 49.2 Å². The number of aromatic amines is 1. The lowest BCUT2D eigenvalue weighted by atomic mass is 10.1. The summed E-state index contributed by atoms with van der Waals surface area (Å²) in [5.41, 5.74) is 1.85. The zero-order valence-corrected chi connectivity index (χ0v) is 13.0. The van der Waals surface area contributed by atoms with Crippen molar-refractivity contribution in [1.29, 1.82) is 0 Å². The van der Waals surface area contributed by atoms with Crippen LogP contribution in [0.4, 0.5) is 0 Å². The van der Waals surface area contributed by atoms with Gasteiger partial charge in [-0.25, -0.2) is 0 Å². The van der Waals surface area contributed by atoms with Crippen LogP contribution in [0.1, 0.15) is 26.6 Å². The van der Waals surface area contributed by atoms with Gasteiger partial charge in [-0.1, -0.05) is 6.58 Å². The van der Waals surface area contributed by atoms with Crippen molar-refractivity contribution in [2.45, 2.75) is 26.8 Å². The normalized spacial score (nSPS) is 16.1. The second-order valence-corrected chi connectivity index (χ2v) is 5.35. The molecule has 1 N–H and O–H groups in total. The van der Waals surface area contributed by atoms with Crippen LogP contribution >= 0.6 is 12.2 Å². The molecule has 0 aromatic carbocycles. The van der Waals surface area contributed by atoms with E-state index in [1.54, 1.807) is 0 Å². The van der Waals surface area contributed by atoms with Crippen LogP contribution in [0.5, 0.6) is 0 Å². The molecule has 20 heavy (non-hydrogen) atoms. The molecule has 1 aromatic rings. The maximum atomic E-state index is 5.14. The summed E-state index contributed by atoms with van der Waals surface area (Å²) in [5.74, 6) is 1.70. The summed E-state index contributed by atoms with van der Waals surface area (Å²) < 4.78 is 2.44. The minimum atomic E-state index is 0.242. The number of rotatable bonds is 2. The molecule has 0 fully saturated rings. The first kappa shape index (κ1) is 14.5. The fraction of sp³-hybridized carbons (Fsp3) is 0.357. The maximum absolute atomic E-state index is 5.14. The van der Waals surface area contributed by atoms with Crippen molar-refractivity contribution in [3.63, 3.8) is 0 Å². The van der Waals surface area contributed by atoms with Crippen molar-refractivity contribution in [2.75, 3.05) is 0 Å². The molecule has 1 aliphatic heterocycles. The van der Waals surface area contributed by atoms with Crippen molar-refractivity contribution >= 4 is 23.6 Å². The Bertz CT molecular complexity index is 672. The summed E-state index contributed by atoms with van der Waals surface area (Å²) in [5, 5.41) is 7.04. The Morgan fingerprint density at radius 1 is 1.45 bits per heavy atom. The predicted molar refractivity (Wildman–Crippen MR) is 84.7 cm³/mol. The van der Waals surface area contributed by atoms with E-state index in [1.165, 1.54) is 0 Å². The number of H-pyrrole nitrogens is 1. The van der Waals surface area contributed by atoms with E-state index in [0.29, 0.717) is 4.77 Å². The van der Waals surface area contributed by atoms with Gasteiger partial charge < -0.3 is 9.47 Å². The van der Waals surface area contributed by atoms with E-state index < -0.39 is 0 Å². The summed E-state index contributed by atoms with van der Waals surface area (Å²) in [6.07, 6.45) is 5.91. The summed E-state index contributed by atoms with van der Waals surface area (Å²) >= 11 is 5.14. The number of nitrogens with zero attached hydrogens (tertiary/aromatic N) is 4. The minimum absolute atomic E-state index is 0.242. The molecule has 5 nitrogen and oxygen atoms in total. The van der Waals surface area contributed by atoms with Crippen molar-refractivity contribution in [2.24, 2.45) is 12.0 Å². The van der Waals surface area contributed by atoms with Crippen LogP contribution in [0.15, 0.2) is 35.6 Å². The van der Waals surface area contributed by atoms with Gasteiger partial charge in [0.25, 0.3) is 0 Å². The van der Waals surface area contributed by atoms with E-state index in [1.807, 2.05) is 55.6 Å². The average Bonchev–Trinajstić information content (AvgIpc) is 2.70. The Kier molecular flexibility index (Phi) is 4.04. The van der Waals surface area contributed by atoms with E-state index >= 15 is 0 Å². The molecule has 106 valence electrons. The van der Waals surface area contributed by atoms with Gasteiger partial charge in [0.05, 0.1) is 0 Å². The molecule has 0 amide bonds. The van der Waals surface area contributed by atoms with Crippen LogP contribution in [0.25, 0.3) is 5.57 Å². The summed E-state index contributed by atoms with van der Waals surface area (Å²) in [4.78, 5) is 6.52. The molecular weight excluding hydrogens is 270 g/mol. The van der Waals surface area contributed by atoms with Crippen molar-refractivity contribution < 1.29 is 0 Å². The molecule has 6 heteroatoms. The van der Waals surface area contributed by atoms with Crippen LogP contribution in [-0.4, -0.2) is 31.5 Å². The third-order valence-corrected chi connectivity index (χ3v) is 3.33. The van der Waals surface area contributed by atoms with E-state index in [9.17, 15) is 0 Å². The molecule has 0 unspecified atom stereocenters. The monoisotopic (exact) mass is 289 g/mol. The number of nitrogens with one attached hydrogen (secondary N) is 1. The molecule has 0 saturated heterocycles. The SMILES string of the molecule is C=C1C=CC(c2n[nH]c(=S)n2C)=CN1C(C)=NC(C)C. The average molecular weight is 289 g/mol. The fourth-order valence-corrected chi connectivity index (χ4v) is 2.14. The second kappa shape index (κ2) is 5.58. The zero-order chi connectivity index (χ0) is 14.9. The lowest BCUT2D eigenvalue weighted by Gasteiger charge is -2.25. The first-order valence-corrected chi connectivity index (χ1v) is 6.85. The first-order chi connectivity index (χ1) is 9.40. The third kappa shape index (κ3) is 2.80. The molecule has 0 atom stereocenters. The highest BCUT2D eigenvalue weighted by Gasteiger charge is 2.16. The predicted octanol–water partition coefficient (Wildman–Crippen LogP) is 3.03. The quantitative estimate of drug-likeness (QED) is 0.517. The second-order valence-electron chi connectivity index (χ2n) is 4.96. The van der Waals surface area contributed by atoms with Gasteiger partial charge in [-0.15, -0.1) is 0 Å². The van der Waals surface area contributed by atoms with E-state index in [0.717, 1.165) is 22.9 Å². The molecule has 0 bridgehead atoms. The van der Waals surface area contributed by atoms with Crippen LogP contribution < -0.4 is 0 Å². The zero-order valence-electron chi connectivity index (χ0n) is 12.2. The number of amidine groups is 1. The Balaban J connectivity index is 2.41. The van der Waals surface area contributed by atoms with Gasteiger partial charge in [-0.2, -0.15) is 5.10 Å². The minimum Gasteiger partial charge on any atom is -0.306 e. The number of aliphatic imine (C=N–C) groups is 1. The van der Waals surface area contributed by atoms with Gasteiger partial charge >= 0.3 is 0 Å². The number of hydrogen-bond acceptors (Lipinski definition) is 3. The number of aromatic nitrogens is 3. The molecule has 1 aromatic heterocycles. The molecular formula is C14H19N5S. The number of allylic oxidation sites excluding steroid dienone is 3. The van der Waals surface area contributed by atoms with Gasteiger partial charge in [0.2, 0.25) is 0 Å². The Hall–Kier alpha value is -1.95. The fourth-order valence-electron chi connectivity index (χ4n) is 2.01. The van der Waals surface area contributed by atoms with Crippen LogP contribution in [0.3, 0.4) is 0 Å². The molecule has 0 spiro atoms. The van der Waals surface area contributed by atoms with Crippen molar-refractivity contribution in [3.8, 4) is 0 Å². The van der Waals surface area contributed by atoms with E-state index in [2.05, 4.69) is 21.8 Å². The van der Waals surface area contributed by atoms with Gasteiger partial charge in [-0.3, -0.25) is 10.1 Å².